The zero-order valence-corrected chi connectivity index (χ0v) is 9.30. The van der Waals surface area contributed by atoms with Crippen molar-refractivity contribution in [3.05, 3.63) is 21.6 Å². The van der Waals surface area contributed by atoms with Crippen LogP contribution in [0.3, 0.4) is 0 Å². The van der Waals surface area contributed by atoms with Crippen molar-refractivity contribution >= 4 is 0 Å². The lowest BCUT2D eigenvalue weighted by Gasteiger charge is -2.16. The summed E-state index contributed by atoms with van der Waals surface area (Å²) in [6.07, 6.45) is 0. The molecule has 0 aromatic carbocycles. The van der Waals surface area contributed by atoms with Gasteiger partial charge in [-0.2, -0.15) is 0 Å². The van der Waals surface area contributed by atoms with E-state index < -0.39 is 0 Å². The fraction of sp³-hybridized carbons (Fsp3) is 0.700. The van der Waals surface area contributed by atoms with Gasteiger partial charge in [0.2, 0.25) is 0 Å². The van der Waals surface area contributed by atoms with Crippen LogP contribution >= 0.6 is 0 Å². The first-order valence-electron chi connectivity index (χ1n) is 4.50. The summed E-state index contributed by atoms with van der Waals surface area (Å²) in [5.41, 5.74) is 2.02. The van der Waals surface area contributed by atoms with Crippen molar-refractivity contribution in [2.24, 2.45) is 14.1 Å². The minimum atomic E-state index is -0.0693. The minimum absolute atomic E-state index is 0.0693. The summed E-state index contributed by atoms with van der Waals surface area (Å²) in [5.74, 6) is 0. The molecule has 1 rings (SSSR count). The lowest BCUT2D eigenvalue weighted by Crippen LogP contribution is -2.25. The van der Waals surface area contributed by atoms with Gasteiger partial charge in [-0.3, -0.25) is 14.2 Å². The van der Waals surface area contributed by atoms with Crippen molar-refractivity contribution in [2.45, 2.75) is 33.1 Å². The van der Waals surface area contributed by atoms with Crippen LogP contribution < -0.4 is 5.56 Å². The summed E-state index contributed by atoms with van der Waals surface area (Å²) in [6, 6.07) is 0. The Bertz CT molecular complexity index is 377. The van der Waals surface area contributed by atoms with Gasteiger partial charge in [-0.1, -0.05) is 20.8 Å². The molecule has 1 aromatic rings. The first kappa shape index (κ1) is 10.1. The fourth-order valence-electron chi connectivity index (χ4n) is 1.70. The molecule has 0 saturated heterocycles. The van der Waals surface area contributed by atoms with E-state index in [2.05, 4.69) is 20.8 Å². The van der Waals surface area contributed by atoms with Gasteiger partial charge >= 0.3 is 0 Å². The molecule has 1 aromatic heterocycles. The van der Waals surface area contributed by atoms with Crippen molar-refractivity contribution in [1.29, 1.82) is 0 Å². The summed E-state index contributed by atoms with van der Waals surface area (Å²) >= 11 is 0. The van der Waals surface area contributed by atoms with Crippen molar-refractivity contribution < 1.29 is 0 Å². The highest BCUT2D eigenvalue weighted by Crippen LogP contribution is 2.21. The Kier molecular flexibility index (Phi) is 2.14. The third-order valence-corrected chi connectivity index (χ3v) is 2.55. The van der Waals surface area contributed by atoms with Gasteiger partial charge < -0.3 is 0 Å². The summed E-state index contributed by atoms with van der Waals surface area (Å²) in [6.45, 7) is 8.19. The van der Waals surface area contributed by atoms with E-state index in [0.717, 1.165) is 11.3 Å². The molecule has 1 heterocycles. The molecule has 0 N–H and O–H groups in total. The quantitative estimate of drug-likeness (QED) is 0.594. The van der Waals surface area contributed by atoms with Gasteiger partial charge in [0, 0.05) is 25.4 Å². The van der Waals surface area contributed by atoms with E-state index >= 15 is 0 Å². The molecule has 13 heavy (non-hydrogen) atoms. The van der Waals surface area contributed by atoms with E-state index in [4.69, 9.17) is 0 Å². The third-order valence-electron chi connectivity index (χ3n) is 2.55. The molecule has 3 nitrogen and oxygen atoms in total. The predicted molar refractivity (Wildman–Crippen MR) is 54.1 cm³/mol. The predicted octanol–water partition coefficient (Wildman–Crippen LogP) is 1.33. The summed E-state index contributed by atoms with van der Waals surface area (Å²) in [4.78, 5) is 11.8. The van der Waals surface area contributed by atoms with Gasteiger partial charge in [-0.05, 0) is 12.3 Å². The first-order valence-corrected chi connectivity index (χ1v) is 4.50. The minimum Gasteiger partial charge on any atom is -0.290 e. The second-order valence-corrected chi connectivity index (χ2v) is 4.56. The Hall–Kier alpha value is -0.990. The van der Waals surface area contributed by atoms with Crippen LogP contribution in [0.25, 0.3) is 0 Å². The van der Waals surface area contributed by atoms with Crippen molar-refractivity contribution in [1.82, 2.24) is 9.36 Å². The van der Waals surface area contributed by atoms with Crippen LogP contribution in [0.1, 0.15) is 32.0 Å². The third kappa shape index (κ3) is 1.43. The normalized spacial score (nSPS) is 12.2. The number of hydrogen-bond acceptors (Lipinski definition) is 1. The van der Waals surface area contributed by atoms with E-state index in [9.17, 15) is 4.79 Å². The zero-order valence-electron chi connectivity index (χ0n) is 9.30. The Morgan fingerprint density at radius 2 is 1.54 bits per heavy atom. The molecule has 0 fully saturated rings. The standard InChI is InChI=1S/C10H18N2O/c1-7-8(10(2,3)4)9(13)12(6)11(7)5/h1-6H3. The average Bonchev–Trinajstić information content (AvgIpc) is 2.14. The Labute approximate surface area is 79.0 Å². The maximum Gasteiger partial charge on any atom is 0.270 e. The molecule has 0 aliphatic carbocycles. The van der Waals surface area contributed by atoms with Gasteiger partial charge in [0.1, 0.15) is 0 Å². The highest BCUT2D eigenvalue weighted by molar-refractivity contribution is 5.25. The monoisotopic (exact) mass is 182 g/mol. The highest BCUT2D eigenvalue weighted by Gasteiger charge is 2.24. The van der Waals surface area contributed by atoms with Crippen LogP contribution in [0.2, 0.25) is 0 Å². The molecule has 3 heteroatoms. The van der Waals surface area contributed by atoms with Crippen LogP contribution in [0, 0.1) is 6.92 Å². The summed E-state index contributed by atoms with van der Waals surface area (Å²) < 4.78 is 3.54. The molecule has 0 atom stereocenters. The molecule has 0 radical (unpaired) electrons. The largest absolute Gasteiger partial charge is 0.290 e. The maximum absolute atomic E-state index is 11.8. The van der Waals surface area contributed by atoms with Crippen molar-refractivity contribution in [2.75, 3.05) is 0 Å². The van der Waals surface area contributed by atoms with E-state index in [1.54, 1.807) is 11.7 Å². The van der Waals surface area contributed by atoms with Crippen LogP contribution in [0.4, 0.5) is 0 Å². The molecule has 0 aliphatic rings. The van der Waals surface area contributed by atoms with Crippen LogP contribution in [-0.2, 0) is 19.5 Å². The Balaban J connectivity index is 3.57. The number of hydrogen-bond donors (Lipinski definition) is 0. The Morgan fingerprint density at radius 1 is 1.08 bits per heavy atom. The second-order valence-electron chi connectivity index (χ2n) is 4.56. The average molecular weight is 182 g/mol. The van der Waals surface area contributed by atoms with Crippen LogP contribution in [0.5, 0.6) is 0 Å². The van der Waals surface area contributed by atoms with E-state index in [1.165, 1.54) is 0 Å². The van der Waals surface area contributed by atoms with Crippen LogP contribution in [-0.4, -0.2) is 9.36 Å². The van der Waals surface area contributed by atoms with Gasteiger partial charge in [0.15, 0.2) is 0 Å². The van der Waals surface area contributed by atoms with Crippen molar-refractivity contribution in [3.8, 4) is 0 Å². The second kappa shape index (κ2) is 2.76. The first-order chi connectivity index (χ1) is 5.76. The topological polar surface area (TPSA) is 26.9 Å². The zero-order chi connectivity index (χ0) is 10.4. The number of nitrogens with zero attached hydrogens (tertiary/aromatic N) is 2. The lowest BCUT2D eigenvalue weighted by molar-refractivity contribution is 0.567. The number of aromatic nitrogens is 2. The van der Waals surface area contributed by atoms with E-state index in [-0.39, 0.29) is 11.0 Å². The van der Waals surface area contributed by atoms with Gasteiger partial charge in [-0.25, -0.2) is 0 Å². The molecule has 0 spiro atoms. The van der Waals surface area contributed by atoms with Crippen LogP contribution in [0.15, 0.2) is 4.79 Å². The maximum atomic E-state index is 11.8. The summed E-state index contributed by atoms with van der Waals surface area (Å²) in [5, 5.41) is 0. The van der Waals surface area contributed by atoms with Gasteiger partial charge in [0.05, 0.1) is 0 Å². The molecule has 0 saturated carbocycles. The number of rotatable bonds is 0. The molecular formula is C10H18N2O. The highest BCUT2D eigenvalue weighted by atomic mass is 16.1. The SMILES string of the molecule is Cc1c(C(C)(C)C)c(=O)n(C)n1C. The molecule has 0 unspecified atom stereocenters. The van der Waals surface area contributed by atoms with Gasteiger partial charge in [-0.15, -0.1) is 0 Å². The molecule has 74 valence electrons. The van der Waals surface area contributed by atoms with Gasteiger partial charge in [0.25, 0.3) is 5.56 Å². The van der Waals surface area contributed by atoms with E-state index in [1.807, 2.05) is 18.7 Å². The van der Waals surface area contributed by atoms with Crippen molar-refractivity contribution in [3.63, 3.8) is 0 Å². The summed E-state index contributed by atoms with van der Waals surface area (Å²) in [7, 11) is 3.70. The fourth-order valence-corrected chi connectivity index (χ4v) is 1.70. The molecule has 0 amide bonds. The molecule has 0 bridgehead atoms. The lowest BCUT2D eigenvalue weighted by atomic mass is 9.87. The van der Waals surface area contributed by atoms with E-state index in [0.29, 0.717) is 0 Å². The Morgan fingerprint density at radius 3 is 1.69 bits per heavy atom. The molecule has 0 aliphatic heterocycles. The molecular weight excluding hydrogens is 164 g/mol. The smallest absolute Gasteiger partial charge is 0.270 e.